The zero-order valence-electron chi connectivity index (χ0n) is 14.9. The van der Waals surface area contributed by atoms with Crippen molar-refractivity contribution in [3.05, 3.63) is 35.3 Å². The molecule has 26 heavy (non-hydrogen) atoms. The van der Waals surface area contributed by atoms with Crippen molar-refractivity contribution in [2.75, 3.05) is 19.5 Å². The van der Waals surface area contributed by atoms with Crippen molar-refractivity contribution < 1.29 is 18.7 Å². The van der Waals surface area contributed by atoms with Crippen LogP contribution in [0, 0.1) is 5.82 Å². The first-order chi connectivity index (χ1) is 12.6. The van der Waals surface area contributed by atoms with Crippen molar-refractivity contribution in [3.63, 3.8) is 0 Å². The number of halogens is 1. The fourth-order valence-corrected chi connectivity index (χ4v) is 4.08. The van der Waals surface area contributed by atoms with Crippen LogP contribution in [0.1, 0.15) is 55.2 Å². The van der Waals surface area contributed by atoms with Crippen LogP contribution in [0.15, 0.2) is 18.3 Å². The molecule has 6 nitrogen and oxygen atoms in total. The minimum absolute atomic E-state index is 0.128. The number of anilines is 1. The molecule has 0 radical (unpaired) electrons. The third-order valence-corrected chi connectivity index (χ3v) is 5.40. The van der Waals surface area contributed by atoms with Gasteiger partial charge in [-0.1, -0.05) is 12.8 Å². The molecule has 1 fully saturated rings. The second-order valence-electron chi connectivity index (χ2n) is 6.86. The normalized spacial score (nSPS) is 20.0. The fourth-order valence-electron chi connectivity index (χ4n) is 4.08. The molecule has 1 atom stereocenters. The first-order valence-electron chi connectivity index (χ1n) is 8.91. The third-order valence-electron chi connectivity index (χ3n) is 5.40. The molecule has 4 rings (SSSR count). The van der Waals surface area contributed by atoms with Gasteiger partial charge in [0.2, 0.25) is 5.91 Å². The van der Waals surface area contributed by atoms with Gasteiger partial charge in [-0.05, 0) is 24.5 Å². The lowest BCUT2D eigenvalue weighted by atomic mass is 9.86. The van der Waals surface area contributed by atoms with Gasteiger partial charge in [0.1, 0.15) is 11.6 Å². The summed E-state index contributed by atoms with van der Waals surface area (Å²) in [6.45, 7) is 0. The summed E-state index contributed by atoms with van der Waals surface area (Å²) in [6, 6.07) is 3.23. The highest BCUT2D eigenvalue weighted by Crippen LogP contribution is 2.43. The molecule has 1 aliphatic carbocycles. The summed E-state index contributed by atoms with van der Waals surface area (Å²) in [7, 11) is 2.98. The Hall–Kier alpha value is -2.57. The van der Waals surface area contributed by atoms with E-state index < -0.39 is 11.7 Å². The molecule has 2 aliphatic rings. The molecule has 2 aromatic rings. The van der Waals surface area contributed by atoms with Crippen LogP contribution in [-0.4, -0.2) is 29.9 Å². The van der Waals surface area contributed by atoms with Crippen LogP contribution < -0.4 is 14.8 Å². The van der Waals surface area contributed by atoms with Crippen molar-refractivity contribution >= 4 is 11.7 Å². The maximum atomic E-state index is 14.8. The van der Waals surface area contributed by atoms with E-state index >= 15 is 0 Å². The van der Waals surface area contributed by atoms with E-state index in [4.69, 9.17) is 9.47 Å². The predicted molar refractivity (Wildman–Crippen MR) is 94.3 cm³/mol. The lowest BCUT2D eigenvalue weighted by Crippen LogP contribution is -2.26. The van der Waals surface area contributed by atoms with Crippen LogP contribution in [-0.2, 0) is 4.79 Å². The predicted octanol–water partition coefficient (Wildman–Crippen LogP) is 3.63. The SMILES string of the molecule is COc1cc(F)c(C2CC(=O)Nc3c2cnn3C2CCCC2)cc1OC. The van der Waals surface area contributed by atoms with Crippen LogP contribution in [0.3, 0.4) is 0 Å². The number of aromatic nitrogens is 2. The van der Waals surface area contributed by atoms with E-state index in [1.807, 2.05) is 4.68 Å². The monoisotopic (exact) mass is 359 g/mol. The molecular weight excluding hydrogens is 337 g/mol. The van der Waals surface area contributed by atoms with E-state index in [1.165, 1.54) is 33.1 Å². The first-order valence-corrected chi connectivity index (χ1v) is 8.91. The Balaban J connectivity index is 1.78. The van der Waals surface area contributed by atoms with E-state index in [0.717, 1.165) is 18.4 Å². The van der Waals surface area contributed by atoms with Gasteiger partial charge in [-0.2, -0.15) is 5.10 Å². The van der Waals surface area contributed by atoms with Crippen LogP contribution in [0.25, 0.3) is 0 Å². The summed E-state index contributed by atoms with van der Waals surface area (Å²) < 4.78 is 27.2. The number of rotatable bonds is 4. The van der Waals surface area contributed by atoms with Gasteiger partial charge in [0.15, 0.2) is 11.5 Å². The topological polar surface area (TPSA) is 65.4 Å². The Labute approximate surface area is 151 Å². The number of ether oxygens (including phenoxy) is 2. The molecule has 0 bridgehead atoms. The number of nitrogens with zero attached hydrogens (tertiary/aromatic N) is 2. The van der Waals surface area contributed by atoms with Gasteiger partial charge in [0.25, 0.3) is 0 Å². The van der Waals surface area contributed by atoms with Gasteiger partial charge in [-0.3, -0.25) is 4.79 Å². The lowest BCUT2D eigenvalue weighted by Gasteiger charge is -2.26. The summed E-state index contributed by atoms with van der Waals surface area (Å²) in [5.41, 5.74) is 1.27. The van der Waals surface area contributed by atoms with Gasteiger partial charge in [-0.15, -0.1) is 0 Å². The zero-order chi connectivity index (χ0) is 18.3. The number of carbonyl (C=O) groups is 1. The number of carbonyl (C=O) groups excluding carboxylic acids is 1. The van der Waals surface area contributed by atoms with Crippen molar-refractivity contribution in [2.24, 2.45) is 0 Å². The molecule has 1 N–H and O–H groups in total. The van der Waals surface area contributed by atoms with E-state index in [2.05, 4.69) is 10.4 Å². The third kappa shape index (κ3) is 2.71. The maximum absolute atomic E-state index is 14.8. The molecule has 1 saturated carbocycles. The Morgan fingerprint density at radius 3 is 2.54 bits per heavy atom. The molecular formula is C19H22FN3O3. The molecule has 1 aliphatic heterocycles. The molecule has 7 heteroatoms. The molecule has 0 saturated heterocycles. The number of fused-ring (bicyclic) bond motifs is 1. The molecule has 0 spiro atoms. The van der Waals surface area contributed by atoms with Crippen molar-refractivity contribution in [2.45, 2.75) is 44.1 Å². The minimum atomic E-state index is -0.415. The maximum Gasteiger partial charge on any atom is 0.226 e. The van der Waals surface area contributed by atoms with Crippen molar-refractivity contribution in [3.8, 4) is 11.5 Å². The first kappa shape index (κ1) is 16.9. The quantitative estimate of drug-likeness (QED) is 0.905. The highest BCUT2D eigenvalue weighted by molar-refractivity contribution is 5.94. The minimum Gasteiger partial charge on any atom is -0.493 e. The average Bonchev–Trinajstić information content (AvgIpc) is 3.29. The summed E-state index contributed by atoms with van der Waals surface area (Å²) in [5.74, 6) is 0.537. The average molecular weight is 359 g/mol. The fraction of sp³-hybridized carbons (Fsp3) is 0.474. The van der Waals surface area contributed by atoms with Gasteiger partial charge in [0.05, 0.1) is 26.5 Å². The van der Waals surface area contributed by atoms with Gasteiger partial charge >= 0.3 is 0 Å². The van der Waals surface area contributed by atoms with Gasteiger partial charge in [-0.25, -0.2) is 9.07 Å². The molecule has 1 unspecified atom stereocenters. The van der Waals surface area contributed by atoms with E-state index in [1.54, 1.807) is 12.3 Å². The van der Waals surface area contributed by atoms with Crippen molar-refractivity contribution in [1.29, 1.82) is 0 Å². The molecule has 138 valence electrons. The number of amides is 1. The smallest absolute Gasteiger partial charge is 0.226 e. The van der Waals surface area contributed by atoms with E-state index in [9.17, 15) is 9.18 Å². The van der Waals surface area contributed by atoms with Gasteiger partial charge in [0, 0.05) is 24.0 Å². The summed E-state index contributed by atoms with van der Waals surface area (Å²) >= 11 is 0. The Morgan fingerprint density at radius 1 is 1.15 bits per heavy atom. The van der Waals surface area contributed by atoms with Crippen LogP contribution >= 0.6 is 0 Å². The Kier molecular flexibility index (Phi) is 4.30. The number of hydrogen-bond donors (Lipinski definition) is 1. The number of hydrogen-bond acceptors (Lipinski definition) is 4. The summed E-state index contributed by atoms with van der Waals surface area (Å²) in [6.07, 6.45) is 6.38. The van der Waals surface area contributed by atoms with E-state index in [0.29, 0.717) is 28.9 Å². The lowest BCUT2D eigenvalue weighted by molar-refractivity contribution is -0.116. The largest absolute Gasteiger partial charge is 0.493 e. The number of nitrogens with one attached hydrogen (secondary N) is 1. The number of benzene rings is 1. The molecule has 1 aromatic heterocycles. The molecule has 1 aromatic carbocycles. The summed E-state index contributed by atoms with van der Waals surface area (Å²) in [4.78, 5) is 12.3. The standard InChI is InChI=1S/C19H22FN3O3/c1-25-16-7-13(15(20)9-17(16)26-2)12-8-18(24)22-19-14(12)10-21-23(19)11-5-3-4-6-11/h7,9-12H,3-6,8H2,1-2H3,(H,22,24). The molecule has 1 amide bonds. The highest BCUT2D eigenvalue weighted by atomic mass is 19.1. The van der Waals surface area contributed by atoms with E-state index in [-0.39, 0.29) is 12.3 Å². The Morgan fingerprint density at radius 2 is 1.85 bits per heavy atom. The van der Waals surface area contributed by atoms with Gasteiger partial charge < -0.3 is 14.8 Å². The van der Waals surface area contributed by atoms with Crippen LogP contribution in [0.4, 0.5) is 10.2 Å². The molecule has 2 heterocycles. The second-order valence-corrected chi connectivity index (χ2v) is 6.86. The summed E-state index contributed by atoms with van der Waals surface area (Å²) in [5, 5.41) is 7.46. The second kappa shape index (κ2) is 6.63. The Bertz CT molecular complexity index is 843. The van der Waals surface area contributed by atoms with Crippen LogP contribution in [0.5, 0.6) is 11.5 Å². The van der Waals surface area contributed by atoms with Crippen LogP contribution in [0.2, 0.25) is 0 Å². The zero-order valence-corrected chi connectivity index (χ0v) is 14.9. The number of methoxy groups -OCH3 is 2. The van der Waals surface area contributed by atoms with Crippen molar-refractivity contribution in [1.82, 2.24) is 9.78 Å². The highest BCUT2D eigenvalue weighted by Gasteiger charge is 2.34.